The molecular formula is C12H11BrN2OS. The van der Waals surface area contributed by atoms with Crippen molar-refractivity contribution in [2.24, 2.45) is 0 Å². The summed E-state index contributed by atoms with van der Waals surface area (Å²) in [6.45, 7) is 3.80. The lowest BCUT2D eigenvalue weighted by Gasteiger charge is -2.04. The van der Waals surface area contributed by atoms with Gasteiger partial charge in [-0.3, -0.25) is 4.79 Å². The second-order valence-corrected chi connectivity index (χ2v) is 5.93. The van der Waals surface area contributed by atoms with Gasteiger partial charge >= 0.3 is 0 Å². The number of benzene rings is 1. The van der Waals surface area contributed by atoms with Crippen molar-refractivity contribution in [2.75, 3.05) is 5.32 Å². The third-order valence-corrected chi connectivity index (χ3v) is 3.58. The van der Waals surface area contributed by atoms with E-state index in [9.17, 15) is 4.79 Å². The van der Waals surface area contributed by atoms with E-state index in [2.05, 4.69) is 26.2 Å². The Bertz CT molecular complexity index is 565. The van der Waals surface area contributed by atoms with Crippen molar-refractivity contribution >= 4 is 38.9 Å². The van der Waals surface area contributed by atoms with Crippen LogP contribution >= 0.6 is 27.3 Å². The molecule has 2 rings (SSSR count). The zero-order valence-electron chi connectivity index (χ0n) is 9.45. The number of nitrogens with one attached hydrogen (secondary N) is 1. The molecule has 2 aromatic rings. The number of aryl methyl sites for hydroxylation is 2. The molecule has 0 radical (unpaired) electrons. The van der Waals surface area contributed by atoms with Crippen molar-refractivity contribution in [3.05, 3.63) is 44.3 Å². The van der Waals surface area contributed by atoms with E-state index in [0.717, 1.165) is 20.0 Å². The Morgan fingerprint density at radius 1 is 1.41 bits per heavy atom. The Balaban J connectivity index is 2.20. The van der Waals surface area contributed by atoms with Gasteiger partial charge in [0.15, 0.2) is 0 Å². The normalized spacial score (nSPS) is 10.3. The summed E-state index contributed by atoms with van der Waals surface area (Å²) in [6, 6.07) is 7.48. The predicted octanol–water partition coefficient (Wildman–Crippen LogP) is 3.77. The van der Waals surface area contributed by atoms with Crippen molar-refractivity contribution in [3.63, 3.8) is 0 Å². The molecular weight excluding hydrogens is 300 g/mol. The first-order valence-corrected chi connectivity index (χ1v) is 6.68. The molecule has 0 saturated heterocycles. The van der Waals surface area contributed by atoms with Gasteiger partial charge in [0, 0.05) is 15.0 Å². The molecule has 0 aliphatic heterocycles. The lowest BCUT2D eigenvalue weighted by Crippen LogP contribution is -2.13. The minimum Gasteiger partial charge on any atom is -0.321 e. The van der Waals surface area contributed by atoms with Gasteiger partial charge in [-0.15, -0.1) is 11.3 Å². The highest BCUT2D eigenvalue weighted by Crippen LogP contribution is 2.19. The first-order valence-electron chi connectivity index (χ1n) is 5.07. The molecule has 1 aromatic heterocycles. The number of halogens is 1. The number of nitrogens with zero attached hydrogens (tertiary/aromatic N) is 1. The third-order valence-electron chi connectivity index (χ3n) is 2.20. The van der Waals surface area contributed by atoms with Crippen LogP contribution in [0.25, 0.3) is 0 Å². The molecule has 0 aliphatic carbocycles. The topological polar surface area (TPSA) is 42.0 Å². The number of carbonyl (C=O) groups is 1. The minimum atomic E-state index is -0.162. The zero-order valence-corrected chi connectivity index (χ0v) is 11.9. The number of thiazole rings is 1. The van der Waals surface area contributed by atoms with Crippen molar-refractivity contribution in [1.29, 1.82) is 0 Å². The number of anilines is 1. The number of rotatable bonds is 2. The molecule has 0 saturated carbocycles. The molecule has 5 heteroatoms. The van der Waals surface area contributed by atoms with Crippen LogP contribution in [0, 0.1) is 13.8 Å². The third kappa shape index (κ3) is 2.92. The van der Waals surface area contributed by atoms with Gasteiger partial charge in [-0.05, 0) is 32.0 Å². The maximum absolute atomic E-state index is 12.0. The first-order chi connectivity index (χ1) is 8.06. The van der Waals surface area contributed by atoms with E-state index >= 15 is 0 Å². The van der Waals surface area contributed by atoms with Gasteiger partial charge in [0.25, 0.3) is 5.91 Å². The molecule has 0 fully saturated rings. The van der Waals surface area contributed by atoms with E-state index in [1.165, 1.54) is 11.3 Å². The SMILES string of the molecule is Cc1nc(C(=O)Nc2cccc(Br)c2)c(C)s1. The smallest absolute Gasteiger partial charge is 0.275 e. The first kappa shape index (κ1) is 12.3. The van der Waals surface area contributed by atoms with Crippen LogP contribution in [0.4, 0.5) is 5.69 Å². The van der Waals surface area contributed by atoms with E-state index in [1.54, 1.807) is 0 Å². The molecule has 3 nitrogen and oxygen atoms in total. The molecule has 1 heterocycles. The maximum Gasteiger partial charge on any atom is 0.275 e. The zero-order chi connectivity index (χ0) is 12.4. The summed E-state index contributed by atoms with van der Waals surface area (Å²) in [5.74, 6) is -0.162. The lowest BCUT2D eigenvalue weighted by molar-refractivity contribution is 0.102. The number of hydrogen-bond donors (Lipinski definition) is 1. The summed E-state index contributed by atoms with van der Waals surface area (Å²) in [4.78, 5) is 17.1. The van der Waals surface area contributed by atoms with Crippen molar-refractivity contribution in [1.82, 2.24) is 4.98 Å². The van der Waals surface area contributed by atoms with Crippen LogP contribution in [-0.2, 0) is 0 Å². The Morgan fingerprint density at radius 3 is 2.76 bits per heavy atom. The summed E-state index contributed by atoms with van der Waals surface area (Å²) < 4.78 is 0.932. The van der Waals surface area contributed by atoms with Gasteiger partial charge < -0.3 is 5.32 Å². The molecule has 88 valence electrons. The monoisotopic (exact) mass is 310 g/mol. The van der Waals surface area contributed by atoms with Gasteiger partial charge in [0.2, 0.25) is 0 Å². The average molecular weight is 311 g/mol. The predicted molar refractivity (Wildman–Crippen MR) is 73.7 cm³/mol. The van der Waals surface area contributed by atoms with Gasteiger partial charge in [0.1, 0.15) is 5.69 Å². The standard InChI is InChI=1S/C12H11BrN2OS/c1-7-11(14-8(2)17-7)12(16)15-10-5-3-4-9(13)6-10/h3-6H,1-2H3,(H,15,16). The average Bonchev–Trinajstić information content (AvgIpc) is 2.58. The van der Waals surface area contributed by atoms with Gasteiger partial charge in [-0.2, -0.15) is 0 Å². The largest absolute Gasteiger partial charge is 0.321 e. The van der Waals surface area contributed by atoms with Gasteiger partial charge in [0.05, 0.1) is 5.01 Å². The number of carbonyl (C=O) groups excluding carboxylic acids is 1. The molecule has 0 unspecified atom stereocenters. The molecule has 17 heavy (non-hydrogen) atoms. The second kappa shape index (κ2) is 4.98. The second-order valence-electron chi connectivity index (χ2n) is 3.60. The molecule has 0 bridgehead atoms. The fourth-order valence-electron chi connectivity index (χ4n) is 1.50. The van der Waals surface area contributed by atoms with Gasteiger partial charge in [-0.1, -0.05) is 22.0 Å². The molecule has 0 aliphatic rings. The Labute approximate surface area is 112 Å². The summed E-state index contributed by atoms with van der Waals surface area (Å²) in [6.07, 6.45) is 0. The highest BCUT2D eigenvalue weighted by Gasteiger charge is 2.13. The van der Waals surface area contributed by atoms with Crippen LogP contribution in [0.5, 0.6) is 0 Å². The van der Waals surface area contributed by atoms with Crippen molar-refractivity contribution in [3.8, 4) is 0 Å². The fourth-order valence-corrected chi connectivity index (χ4v) is 2.71. The Morgan fingerprint density at radius 2 is 2.18 bits per heavy atom. The van der Waals surface area contributed by atoms with Crippen LogP contribution in [0.15, 0.2) is 28.7 Å². The van der Waals surface area contributed by atoms with E-state index in [1.807, 2.05) is 38.1 Å². The van der Waals surface area contributed by atoms with E-state index in [-0.39, 0.29) is 5.91 Å². The molecule has 0 atom stereocenters. The summed E-state index contributed by atoms with van der Waals surface area (Å²) in [5, 5.41) is 3.73. The van der Waals surface area contributed by atoms with Gasteiger partial charge in [-0.25, -0.2) is 4.98 Å². The van der Waals surface area contributed by atoms with Crippen molar-refractivity contribution < 1.29 is 4.79 Å². The van der Waals surface area contributed by atoms with E-state index in [4.69, 9.17) is 0 Å². The molecule has 0 spiro atoms. The molecule has 1 N–H and O–H groups in total. The van der Waals surface area contributed by atoms with Crippen LogP contribution in [0.1, 0.15) is 20.4 Å². The van der Waals surface area contributed by atoms with Crippen LogP contribution in [-0.4, -0.2) is 10.9 Å². The Hall–Kier alpha value is -1.20. The van der Waals surface area contributed by atoms with Crippen LogP contribution < -0.4 is 5.32 Å². The summed E-state index contributed by atoms with van der Waals surface area (Å²) >= 11 is 4.89. The van der Waals surface area contributed by atoms with E-state index < -0.39 is 0 Å². The van der Waals surface area contributed by atoms with Crippen LogP contribution in [0.2, 0.25) is 0 Å². The molecule has 1 amide bonds. The highest BCUT2D eigenvalue weighted by molar-refractivity contribution is 9.10. The van der Waals surface area contributed by atoms with Crippen LogP contribution in [0.3, 0.4) is 0 Å². The number of amides is 1. The summed E-state index contributed by atoms with van der Waals surface area (Å²) in [7, 11) is 0. The number of aromatic nitrogens is 1. The Kier molecular flexibility index (Phi) is 3.59. The van der Waals surface area contributed by atoms with E-state index in [0.29, 0.717) is 5.69 Å². The molecule has 1 aromatic carbocycles. The summed E-state index contributed by atoms with van der Waals surface area (Å²) in [5.41, 5.74) is 1.27. The minimum absolute atomic E-state index is 0.162. The fraction of sp³-hybridized carbons (Fsp3) is 0.167. The quantitative estimate of drug-likeness (QED) is 0.917. The maximum atomic E-state index is 12.0. The lowest BCUT2D eigenvalue weighted by atomic mass is 10.3. The highest BCUT2D eigenvalue weighted by atomic mass is 79.9. The van der Waals surface area contributed by atoms with Crippen molar-refractivity contribution in [2.45, 2.75) is 13.8 Å². The number of hydrogen-bond acceptors (Lipinski definition) is 3.